The van der Waals surface area contributed by atoms with Crippen LogP contribution >= 0.6 is 0 Å². The summed E-state index contributed by atoms with van der Waals surface area (Å²) in [4.78, 5) is 11.6. The number of aromatic nitrogens is 1. The molecule has 0 atom stereocenters. The van der Waals surface area contributed by atoms with Crippen LogP contribution < -0.4 is 4.74 Å². The molecule has 0 spiro atoms. The molecule has 1 saturated carbocycles. The molecule has 0 unspecified atom stereocenters. The van der Waals surface area contributed by atoms with Gasteiger partial charge in [0, 0.05) is 17.5 Å². The van der Waals surface area contributed by atoms with E-state index in [1.165, 1.54) is 3.97 Å². The van der Waals surface area contributed by atoms with Gasteiger partial charge in [0.25, 0.3) is 10.0 Å². The van der Waals surface area contributed by atoms with Crippen LogP contribution in [0.4, 0.5) is 0 Å². The zero-order valence-corrected chi connectivity index (χ0v) is 15.2. The lowest BCUT2D eigenvalue weighted by Crippen LogP contribution is -2.16. The summed E-state index contributed by atoms with van der Waals surface area (Å²) >= 11 is 0. The third kappa shape index (κ3) is 2.61. The van der Waals surface area contributed by atoms with Gasteiger partial charge in [-0.25, -0.2) is 12.4 Å². The average Bonchev–Trinajstić information content (AvgIpc) is 3.44. The van der Waals surface area contributed by atoms with Crippen molar-refractivity contribution >= 4 is 27.2 Å². The summed E-state index contributed by atoms with van der Waals surface area (Å²) < 4.78 is 33.4. The van der Waals surface area contributed by atoms with E-state index in [-0.39, 0.29) is 11.3 Å². The second-order valence-corrected chi connectivity index (χ2v) is 8.26. The SMILES string of the molecule is COc1ccc2c(c1)c(C1CC1)c(CC=O)n2S(=O)(=O)c1ccccc1. The Labute approximate surface area is 152 Å². The molecule has 0 amide bonds. The van der Waals surface area contributed by atoms with E-state index in [2.05, 4.69) is 0 Å². The Balaban J connectivity index is 2.08. The van der Waals surface area contributed by atoms with Crippen LogP contribution in [0.1, 0.15) is 30.0 Å². The Kier molecular flexibility index (Phi) is 4.07. The number of benzene rings is 2. The quantitative estimate of drug-likeness (QED) is 0.624. The van der Waals surface area contributed by atoms with Crippen molar-refractivity contribution in [2.75, 3.05) is 7.11 Å². The summed E-state index contributed by atoms with van der Waals surface area (Å²) in [5.41, 5.74) is 2.12. The van der Waals surface area contributed by atoms with Crippen molar-refractivity contribution < 1.29 is 17.9 Å². The minimum atomic E-state index is -3.81. The number of nitrogens with zero attached hydrogens (tertiary/aromatic N) is 1. The molecule has 4 rings (SSSR count). The minimum Gasteiger partial charge on any atom is -0.497 e. The smallest absolute Gasteiger partial charge is 0.268 e. The fraction of sp³-hybridized carbons (Fsp3) is 0.250. The van der Waals surface area contributed by atoms with Crippen molar-refractivity contribution in [3.05, 3.63) is 59.8 Å². The van der Waals surface area contributed by atoms with Gasteiger partial charge in [0.1, 0.15) is 12.0 Å². The monoisotopic (exact) mass is 369 g/mol. The van der Waals surface area contributed by atoms with Crippen LogP contribution in [0.5, 0.6) is 5.75 Å². The summed E-state index contributed by atoms with van der Waals surface area (Å²) in [6.45, 7) is 0. The van der Waals surface area contributed by atoms with E-state index in [0.717, 1.165) is 30.1 Å². The lowest BCUT2D eigenvalue weighted by Gasteiger charge is -2.11. The molecule has 26 heavy (non-hydrogen) atoms. The highest BCUT2D eigenvalue weighted by Gasteiger charge is 2.34. The second-order valence-electron chi connectivity index (χ2n) is 6.47. The Morgan fingerprint density at radius 1 is 1.15 bits per heavy atom. The Hall–Kier alpha value is -2.60. The molecule has 6 heteroatoms. The van der Waals surface area contributed by atoms with Crippen LogP contribution in [0, 0.1) is 0 Å². The lowest BCUT2D eigenvalue weighted by atomic mass is 10.0. The van der Waals surface area contributed by atoms with Crippen LogP contribution in [-0.2, 0) is 21.2 Å². The molecule has 0 radical (unpaired) electrons. The normalized spacial score (nSPS) is 14.5. The molecule has 1 aliphatic rings. The van der Waals surface area contributed by atoms with Crippen molar-refractivity contribution in [3.63, 3.8) is 0 Å². The van der Waals surface area contributed by atoms with Gasteiger partial charge < -0.3 is 9.53 Å². The molecule has 0 bridgehead atoms. The van der Waals surface area contributed by atoms with Crippen LogP contribution in [0.15, 0.2) is 53.4 Å². The standard InChI is InChI=1S/C20H19NO4S/c1-25-15-9-10-18-17(13-15)20(14-7-8-14)19(11-12-22)21(18)26(23,24)16-5-3-2-4-6-16/h2-6,9-10,12-14H,7-8,11H2,1H3. The number of fused-ring (bicyclic) bond motifs is 1. The number of carbonyl (C=O) groups is 1. The molecule has 0 aliphatic heterocycles. The van der Waals surface area contributed by atoms with E-state index in [1.54, 1.807) is 49.6 Å². The molecular formula is C20H19NO4S. The molecule has 1 aromatic heterocycles. The van der Waals surface area contributed by atoms with E-state index in [9.17, 15) is 13.2 Å². The van der Waals surface area contributed by atoms with Crippen molar-refractivity contribution in [2.24, 2.45) is 0 Å². The molecule has 0 N–H and O–H groups in total. The van der Waals surface area contributed by atoms with Crippen LogP contribution in [0.3, 0.4) is 0 Å². The summed E-state index contributed by atoms with van der Waals surface area (Å²) in [5, 5.41) is 0.850. The highest BCUT2D eigenvalue weighted by molar-refractivity contribution is 7.90. The van der Waals surface area contributed by atoms with E-state index >= 15 is 0 Å². The van der Waals surface area contributed by atoms with Gasteiger partial charge >= 0.3 is 0 Å². The van der Waals surface area contributed by atoms with Crippen molar-refractivity contribution in [1.82, 2.24) is 3.97 Å². The lowest BCUT2D eigenvalue weighted by molar-refractivity contribution is -0.107. The van der Waals surface area contributed by atoms with Gasteiger partial charge in [0.2, 0.25) is 0 Å². The van der Waals surface area contributed by atoms with Crippen LogP contribution in [0.2, 0.25) is 0 Å². The molecule has 1 heterocycles. The number of carbonyl (C=O) groups excluding carboxylic acids is 1. The van der Waals surface area contributed by atoms with Gasteiger partial charge in [-0.05, 0) is 54.7 Å². The highest BCUT2D eigenvalue weighted by atomic mass is 32.2. The van der Waals surface area contributed by atoms with E-state index in [1.807, 2.05) is 6.07 Å². The van der Waals surface area contributed by atoms with Crippen LogP contribution in [-0.4, -0.2) is 25.8 Å². The Bertz CT molecular complexity index is 1080. The maximum absolute atomic E-state index is 13.4. The number of hydrogen-bond acceptors (Lipinski definition) is 4. The first kappa shape index (κ1) is 16.8. The second kappa shape index (κ2) is 6.29. The number of rotatable bonds is 6. The summed E-state index contributed by atoms with van der Waals surface area (Å²) in [6.07, 6.45) is 2.85. The number of ether oxygens (including phenoxy) is 1. The van der Waals surface area contributed by atoms with E-state index in [4.69, 9.17) is 4.74 Å². The predicted octanol–water partition coefficient (Wildman–Crippen LogP) is 3.51. The third-order valence-electron chi connectivity index (χ3n) is 4.81. The molecule has 1 aliphatic carbocycles. The van der Waals surface area contributed by atoms with E-state index in [0.29, 0.717) is 22.9 Å². The summed E-state index contributed by atoms with van der Waals surface area (Å²) in [6, 6.07) is 13.7. The largest absolute Gasteiger partial charge is 0.497 e. The minimum absolute atomic E-state index is 0.0644. The third-order valence-corrected chi connectivity index (χ3v) is 6.58. The summed E-state index contributed by atoms with van der Waals surface area (Å²) in [7, 11) is -2.22. The van der Waals surface area contributed by atoms with Crippen molar-refractivity contribution in [2.45, 2.75) is 30.1 Å². The number of aldehydes is 1. The molecule has 2 aromatic carbocycles. The van der Waals surface area contributed by atoms with Gasteiger partial charge in [0.05, 0.1) is 17.5 Å². The van der Waals surface area contributed by atoms with Crippen LogP contribution in [0.25, 0.3) is 10.9 Å². The number of methoxy groups -OCH3 is 1. The summed E-state index contributed by atoms with van der Waals surface area (Å²) in [5.74, 6) is 0.970. The maximum atomic E-state index is 13.4. The zero-order valence-electron chi connectivity index (χ0n) is 14.4. The Morgan fingerprint density at radius 2 is 1.88 bits per heavy atom. The highest BCUT2D eigenvalue weighted by Crippen LogP contribution is 2.47. The van der Waals surface area contributed by atoms with Gasteiger partial charge in [-0.1, -0.05) is 18.2 Å². The molecule has 0 saturated heterocycles. The molecule has 1 fully saturated rings. The van der Waals surface area contributed by atoms with Gasteiger partial charge in [-0.2, -0.15) is 0 Å². The molecule has 5 nitrogen and oxygen atoms in total. The van der Waals surface area contributed by atoms with Crippen molar-refractivity contribution in [3.8, 4) is 5.75 Å². The zero-order chi connectivity index (χ0) is 18.3. The first-order chi connectivity index (χ1) is 12.6. The average molecular weight is 369 g/mol. The molecule has 134 valence electrons. The van der Waals surface area contributed by atoms with E-state index < -0.39 is 10.0 Å². The maximum Gasteiger partial charge on any atom is 0.268 e. The topological polar surface area (TPSA) is 65.4 Å². The Morgan fingerprint density at radius 3 is 2.50 bits per heavy atom. The fourth-order valence-electron chi connectivity index (χ4n) is 3.52. The molecular weight excluding hydrogens is 350 g/mol. The van der Waals surface area contributed by atoms with Gasteiger partial charge in [-0.3, -0.25) is 0 Å². The molecule has 3 aromatic rings. The van der Waals surface area contributed by atoms with Gasteiger partial charge in [0.15, 0.2) is 0 Å². The predicted molar refractivity (Wildman–Crippen MR) is 99.3 cm³/mol. The first-order valence-corrected chi connectivity index (χ1v) is 9.97. The first-order valence-electron chi connectivity index (χ1n) is 8.53. The number of hydrogen-bond donors (Lipinski definition) is 0. The fourth-order valence-corrected chi connectivity index (χ4v) is 5.11. The van der Waals surface area contributed by atoms with Crippen molar-refractivity contribution in [1.29, 1.82) is 0 Å². The van der Waals surface area contributed by atoms with Gasteiger partial charge in [-0.15, -0.1) is 0 Å².